The number of methoxy groups -OCH3 is 1. The summed E-state index contributed by atoms with van der Waals surface area (Å²) >= 11 is 5.64. The second-order valence-electron chi connectivity index (χ2n) is 2.24. The van der Waals surface area contributed by atoms with Crippen LogP contribution >= 0.6 is 11.6 Å². The smallest absolute Gasteiger partial charge is 0.141 e. The van der Waals surface area contributed by atoms with Gasteiger partial charge in [-0.1, -0.05) is 0 Å². The summed E-state index contributed by atoms with van der Waals surface area (Å²) < 4.78 is 5.04. The maximum Gasteiger partial charge on any atom is 0.141 e. The second kappa shape index (κ2) is 3.58. The normalized spacial score (nSPS) is 9.73. The zero-order valence-electron chi connectivity index (χ0n) is 6.60. The van der Waals surface area contributed by atoms with Gasteiger partial charge in [-0.25, -0.2) is 0 Å². The third-order valence-electron chi connectivity index (χ3n) is 1.42. The molecule has 2 nitrogen and oxygen atoms in total. The van der Waals surface area contributed by atoms with Gasteiger partial charge in [-0.05, 0) is 19.1 Å². The quantitative estimate of drug-likeness (QED) is 0.637. The molecule has 0 aliphatic heterocycles. The van der Waals surface area contributed by atoms with Gasteiger partial charge < -0.3 is 4.74 Å². The molecule has 1 aromatic heterocycles. The van der Waals surface area contributed by atoms with Gasteiger partial charge in [-0.15, -0.1) is 11.6 Å². The second-order valence-corrected chi connectivity index (χ2v) is 2.50. The van der Waals surface area contributed by atoms with Crippen LogP contribution in [-0.2, 0) is 5.88 Å². The van der Waals surface area contributed by atoms with E-state index in [-0.39, 0.29) is 0 Å². The molecule has 60 valence electrons. The Morgan fingerprint density at radius 3 is 2.82 bits per heavy atom. The van der Waals surface area contributed by atoms with Crippen molar-refractivity contribution in [2.45, 2.75) is 12.8 Å². The maximum atomic E-state index is 5.64. The van der Waals surface area contributed by atoms with Crippen LogP contribution in [0.4, 0.5) is 0 Å². The molecule has 0 bridgehead atoms. The molecule has 3 heteroatoms. The molecule has 1 heterocycles. The zero-order valence-corrected chi connectivity index (χ0v) is 7.35. The molecule has 0 unspecified atom stereocenters. The zero-order chi connectivity index (χ0) is 8.27. The van der Waals surface area contributed by atoms with Gasteiger partial charge in [-0.3, -0.25) is 4.98 Å². The minimum atomic E-state index is 0.394. The largest absolute Gasteiger partial charge is 0.495 e. The van der Waals surface area contributed by atoms with Crippen molar-refractivity contribution in [2.75, 3.05) is 7.11 Å². The van der Waals surface area contributed by atoms with Crippen LogP contribution < -0.4 is 4.74 Å². The highest BCUT2D eigenvalue weighted by atomic mass is 35.5. The van der Waals surface area contributed by atoms with Gasteiger partial charge in [0.1, 0.15) is 5.75 Å². The monoisotopic (exact) mass is 171 g/mol. The van der Waals surface area contributed by atoms with Gasteiger partial charge in [0.25, 0.3) is 0 Å². The topological polar surface area (TPSA) is 22.1 Å². The lowest BCUT2D eigenvalue weighted by Crippen LogP contribution is -1.94. The van der Waals surface area contributed by atoms with Crippen molar-refractivity contribution in [1.29, 1.82) is 0 Å². The Morgan fingerprint density at radius 1 is 1.55 bits per heavy atom. The molecule has 0 aliphatic rings. The molecule has 0 saturated carbocycles. The highest BCUT2D eigenvalue weighted by Crippen LogP contribution is 2.17. The number of hydrogen-bond donors (Lipinski definition) is 0. The molecular formula is C8H10ClNO. The summed E-state index contributed by atoms with van der Waals surface area (Å²) in [5, 5.41) is 0. The van der Waals surface area contributed by atoms with Crippen molar-refractivity contribution in [2.24, 2.45) is 0 Å². The Hall–Kier alpha value is -0.760. The number of pyridine rings is 1. The van der Waals surface area contributed by atoms with E-state index in [0.29, 0.717) is 5.88 Å². The van der Waals surface area contributed by atoms with E-state index < -0.39 is 0 Å². The van der Waals surface area contributed by atoms with E-state index >= 15 is 0 Å². The van der Waals surface area contributed by atoms with Crippen LogP contribution in [0.2, 0.25) is 0 Å². The van der Waals surface area contributed by atoms with Gasteiger partial charge >= 0.3 is 0 Å². The Kier molecular flexibility index (Phi) is 2.71. The summed E-state index contributed by atoms with van der Waals surface area (Å²) in [4.78, 5) is 4.21. The first kappa shape index (κ1) is 8.34. The molecule has 0 amide bonds. The van der Waals surface area contributed by atoms with Crippen molar-refractivity contribution < 1.29 is 4.74 Å². The number of rotatable bonds is 2. The first-order chi connectivity index (χ1) is 5.27. The lowest BCUT2D eigenvalue weighted by atomic mass is 10.3. The van der Waals surface area contributed by atoms with E-state index in [1.54, 1.807) is 7.11 Å². The van der Waals surface area contributed by atoms with Gasteiger partial charge in [0.2, 0.25) is 0 Å². The molecular weight excluding hydrogens is 162 g/mol. The number of aryl methyl sites for hydroxylation is 1. The number of aromatic nitrogens is 1. The minimum Gasteiger partial charge on any atom is -0.495 e. The van der Waals surface area contributed by atoms with Crippen LogP contribution in [0.15, 0.2) is 12.1 Å². The van der Waals surface area contributed by atoms with Crippen LogP contribution in [0.5, 0.6) is 5.75 Å². The molecule has 1 aromatic rings. The minimum absolute atomic E-state index is 0.394. The predicted molar refractivity (Wildman–Crippen MR) is 45.1 cm³/mol. The molecule has 0 spiro atoms. The average Bonchev–Trinajstić information content (AvgIpc) is 2.04. The number of halogens is 1. The molecule has 0 fully saturated rings. The van der Waals surface area contributed by atoms with Crippen molar-refractivity contribution in [1.82, 2.24) is 4.98 Å². The standard InChI is InChI=1S/C8H10ClNO/c1-6-3-4-8(11-2)7(5-9)10-6/h3-4H,5H2,1-2H3. The Morgan fingerprint density at radius 2 is 2.27 bits per heavy atom. The summed E-state index contributed by atoms with van der Waals surface area (Å²) in [6.45, 7) is 1.93. The molecule has 0 atom stereocenters. The van der Waals surface area contributed by atoms with E-state index in [1.165, 1.54) is 0 Å². The fourth-order valence-corrected chi connectivity index (χ4v) is 1.07. The summed E-state index contributed by atoms with van der Waals surface area (Å²) in [5.41, 5.74) is 1.76. The molecule has 0 radical (unpaired) electrons. The molecule has 0 aliphatic carbocycles. The lowest BCUT2D eigenvalue weighted by Gasteiger charge is -2.04. The fraction of sp³-hybridized carbons (Fsp3) is 0.375. The van der Waals surface area contributed by atoms with Gasteiger partial charge in [0.15, 0.2) is 0 Å². The van der Waals surface area contributed by atoms with Gasteiger partial charge in [-0.2, -0.15) is 0 Å². The number of alkyl halides is 1. The average molecular weight is 172 g/mol. The lowest BCUT2D eigenvalue weighted by molar-refractivity contribution is 0.408. The maximum absolute atomic E-state index is 5.64. The molecule has 0 aromatic carbocycles. The van der Waals surface area contributed by atoms with Gasteiger partial charge in [0, 0.05) is 5.69 Å². The number of nitrogens with zero attached hydrogens (tertiary/aromatic N) is 1. The van der Waals surface area contributed by atoms with Crippen LogP contribution in [0.25, 0.3) is 0 Å². The van der Waals surface area contributed by atoms with Crippen molar-refractivity contribution >= 4 is 11.6 Å². The Labute approximate surface area is 71.2 Å². The van der Waals surface area contributed by atoms with Gasteiger partial charge in [0.05, 0.1) is 18.7 Å². The summed E-state index contributed by atoms with van der Waals surface area (Å²) in [5.74, 6) is 1.15. The van der Waals surface area contributed by atoms with E-state index in [4.69, 9.17) is 16.3 Å². The van der Waals surface area contributed by atoms with Crippen molar-refractivity contribution in [3.63, 3.8) is 0 Å². The summed E-state index contributed by atoms with van der Waals surface area (Å²) in [6.07, 6.45) is 0. The van der Waals surface area contributed by atoms with E-state index in [2.05, 4.69) is 4.98 Å². The molecule has 0 saturated heterocycles. The van der Waals surface area contributed by atoms with E-state index in [1.807, 2.05) is 19.1 Å². The highest BCUT2D eigenvalue weighted by Gasteiger charge is 2.01. The Balaban J connectivity index is 3.06. The predicted octanol–water partition coefficient (Wildman–Crippen LogP) is 2.14. The molecule has 1 rings (SSSR count). The van der Waals surface area contributed by atoms with E-state index in [9.17, 15) is 0 Å². The van der Waals surface area contributed by atoms with Crippen LogP contribution in [0.3, 0.4) is 0 Å². The third-order valence-corrected chi connectivity index (χ3v) is 1.67. The Bertz CT molecular complexity index is 250. The van der Waals surface area contributed by atoms with Crippen molar-refractivity contribution in [3.05, 3.63) is 23.5 Å². The first-order valence-electron chi connectivity index (χ1n) is 3.34. The van der Waals surface area contributed by atoms with Crippen LogP contribution in [0, 0.1) is 6.92 Å². The van der Waals surface area contributed by atoms with Crippen molar-refractivity contribution in [3.8, 4) is 5.75 Å². The number of ether oxygens (including phenoxy) is 1. The van der Waals surface area contributed by atoms with Crippen LogP contribution in [0.1, 0.15) is 11.4 Å². The first-order valence-corrected chi connectivity index (χ1v) is 3.88. The highest BCUT2D eigenvalue weighted by molar-refractivity contribution is 6.17. The summed E-state index contributed by atoms with van der Waals surface area (Å²) in [6, 6.07) is 3.77. The number of hydrogen-bond acceptors (Lipinski definition) is 2. The molecule has 11 heavy (non-hydrogen) atoms. The van der Waals surface area contributed by atoms with Crippen LogP contribution in [-0.4, -0.2) is 12.1 Å². The molecule has 0 N–H and O–H groups in total. The third kappa shape index (κ3) is 1.84. The SMILES string of the molecule is COc1ccc(C)nc1CCl. The summed E-state index contributed by atoms with van der Waals surface area (Å²) in [7, 11) is 1.61. The van der Waals surface area contributed by atoms with E-state index in [0.717, 1.165) is 17.1 Å². The fourth-order valence-electron chi connectivity index (χ4n) is 0.879.